The Morgan fingerprint density at radius 3 is 2.80 bits per heavy atom. The molecule has 1 unspecified atom stereocenters. The number of nitrogens with zero attached hydrogens (tertiary/aromatic N) is 1. The van der Waals surface area contributed by atoms with E-state index >= 15 is 0 Å². The van der Waals surface area contributed by atoms with E-state index in [0.717, 1.165) is 12.0 Å². The highest BCUT2D eigenvalue weighted by molar-refractivity contribution is 6.32. The number of benzene rings is 1. The summed E-state index contributed by atoms with van der Waals surface area (Å²) < 4.78 is 0. The number of piperidine rings is 1. The molecule has 0 aromatic heterocycles. The van der Waals surface area contributed by atoms with E-state index in [-0.39, 0.29) is 12.5 Å². The van der Waals surface area contributed by atoms with Crippen LogP contribution in [-0.2, 0) is 9.59 Å². The summed E-state index contributed by atoms with van der Waals surface area (Å²) in [5.41, 5.74) is 0.773. The van der Waals surface area contributed by atoms with Gasteiger partial charge in [0, 0.05) is 24.2 Å². The number of carbonyl (C=O) groups excluding carboxylic acids is 1. The third-order valence-corrected chi connectivity index (χ3v) is 3.74. The van der Waals surface area contributed by atoms with Crippen LogP contribution in [0.2, 0.25) is 5.02 Å². The molecule has 1 aromatic carbocycles. The van der Waals surface area contributed by atoms with Crippen LogP contribution in [0.3, 0.4) is 0 Å². The lowest BCUT2D eigenvalue weighted by atomic mass is 9.98. The molecule has 5 heteroatoms. The Balaban J connectivity index is 2.01. The predicted molar refractivity (Wildman–Crippen MR) is 77.4 cm³/mol. The standard InChI is InChI=1S/C15H16ClNO3/c16-13-6-2-1-4-11(13)7-8-14(18)17-9-3-5-12(10-17)15(19)20/h1-2,4,6-8,12H,3,5,9-10H2,(H,19,20)/b8-7+. The first kappa shape index (κ1) is 14.6. The van der Waals surface area contributed by atoms with Crippen LogP contribution in [0.5, 0.6) is 0 Å². The fourth-order valence-corrected chi connectivity index (χ4v) is 2.45. The normalized spacial score (nSPS) is 19.2. The zero-order chi connectivity index (χ0) is 14.5. The Hall–Kier alpha value is -1.81. The van der Waals surface area contributed by atoms with E-state index < -0.39 is 11.9 Å². The Bertz CT molecular complexity index is 542. The van der Waals surface area contributed by atoms with E-state index in [9.17, 15) is 9.59 Å². The van der Waals surface area contributed by atoms with Crippen molar-refractivity contribution in [2.45, 2.75) is 12.8 Å². The number of hydrogen-bond acceptors (Lipinski definition) is 2. The van der Waals surface area contributed by atoms with Crippen molar-refractivity contribution in [3.63, 3.8) is 0 Å². The van der Waals surface area contributed by atoms with Crippen molar-refractivity contribution in [1.82, 2.24) is 4.90 Å². The molecule has 2 rings (SSSR count). The lowest BCUT2D eigenvalue weighted by molar-refractivity contribution is -0.144. The number of carbonyl (C=O) groups is 2. The van der Waals surface area contributed by atoms with Gasteiger partial charge in [-0.2, -0.15) is 0 Å². The molecule has 1 heterocycles. The molecule has 0 spiro atoms. The number of amides is 1. The fourth-order valence-electron chi connectivity index (χ4n) is 2.26. The second-order valence-corrected chi connectivity index (χ2v) is 5.22. The van der Waals surface area contributed by atoms with Crippen molar-refractivity contribution in [2.24, 2.45) is 5.92 Å². The number of aliphatic carboxylic acids is 1. The van der Waals surface area contributed by atoms with E-state index in [2.05, 4.69) is 0 Å². The average Bonchev–Trinajstić information content (AvgIpc) is 2.46. The zero-order valence-electron chi connectivity index (χ0n) is 11.0. The smallest absolute Gasteiger partial charge is 0.308 e. The summed E-state index contributed by atoms with van der Waals surface area (Å²) >= 11 is 6.00. The third kappa shape index (κ3) is 3.61. The van der Waals surface area contributed by atoms with E-state index in [1.54, 1.807) is 17.0 Å². The second-order valence-electron chi connectivity index (χ2n) is 4.82. The van der Waals surface area contributed by atoms with Crippen LogP contribution in [-0.4, -0.2) is 35.0 Å². The first-order valence-corrected chi connectivity index (χ1v) is 6.90. The molecule has 1 aromatic rings. The van der Waals surface area contributed by atoms with Gasteiger partial charge in [0.25, 0.3) is 0 Å². The molecule has 1 fully saturated rings. The highest BCUT2D eigenvalue weighted by Gasteiger charge is 2.27. The topological polar surface area (TPSA) is 57.6 Å². The van der Waals surface area contributed by atoms with E-state index in [1.807, 2.05) is 18.2 Å². The quantitative estimate of drug-likeness (QED) is 0.872. The van der Waals surface area contributed by atoms with Crippen LogP contribution in [0.15, 0.2) is 30.3 Å². The summed E-state index contributed by atoms with van der Waals surface area (Å²) in [7, 11) is 0. The number of likely N-dealkylation sites (tertiary alicyclic amines) is 1. The largest absolute Gasteiger partial charge is 0.481 e. The van der Waals surface area contributed by atoms with Gasteiger partial charge in [0.2, 0.25) is 5.91 Å². The molecule has 1 atom stereocenters. The minimum absolute atomic E-state index is 0.170. The summed E-state index contributed by atoms with van der Waals surface area (Å²) in [4.78, 5) is 24.6. The van der Waals surface area contributed by atoms with Crippen molar-refractivity contribution < 1.29 is 14.7 Å². The lowest BCUT2D eigenvalue weighted by Gasteiger charge is -2.29. The minimum Gasteiger partial charge on any atom is -0.481 e. The maximum Gasteiger partial charge on any atom is 0.308 e. The Morgan fingerprint density at radius 1 is 1.35 bits per heavy atom. The average molecular weight is 294 g/mol. The molecular weight excluding hydrogens is 278 g/mol. The summed E-state index contributed by atoms with van der Waals surface area (Å²) in [5, 5.41) is 9.59. The van der Waals surface area contributed by atoms with Crippen molar-refractivity contribution in [2.75, 3.05) is 13.1 Å². The van der Waals surface area contributed by atoms with E-state index in [1.165, 1.54) is 6.08 Å². The van der Waals surface area contributed by atoms with Gasteiger partial charge < -0.3 is 10.0 Å². The maximum atomic E-state index is 12.1. The van der Waals surface area contributed by atoms with Gasteiger partial charge in [-0.25, -0.2) is 0 Å². The Morgan fingerprint density at radius 2 is 2.10 bits per heavy atom. The minimum atomic E-state index is -0.836. The molecule has 4 nitrogen and oxygen atoms in total. The molecule has 1 amide bonds. The van der Waals surface area contributed by atoms with Crippen LogP contribution < -0.4 is 0 Å². The third-order valence-electron chi connectivity index (χ3n) is 3.39. The van der Waals surface area contributed by atoms with Gasteiger partial charge in [-0.1, -0.05) is 29.8 Å². The number of carboxylic acid groups (broad SMARTS) is 1. The van der Waals surface area contributed by atoms with Crippen LogP contribution in [0.4, 0.5) is 0 Å². The number of halogens is 1. The second kappa shape index (κ2) is 6.57. The number of rotatable bonds is 3. The van der Waals surface area contributed by atoms with Gasteiger partial charge >= 0.3 is 5.97 Å². The predicted octanol–water partition coefficient (Wildman–Crippen LogP) is 2.68. The van der Waals surface area contributed by atoms with Gasteiger partial charge in [-0.15, -0.1) is 0 Å². The lowest BCUT2D eigenvalue weighted by Crippen LogP contribution is -2.41. The Labute approximate surface area is 122 Å². The van der Waals surface area contributed by atoms with Gasteiger partial charge in [0.05, 0.1) is 5.92 Å². The first-order valence-electron chi connectivity index (χ1n) is 6.52. The van der Waals surface area contributed by atoms with Gasteiger partial charge in [-0.05, 0) is 30.5 Å². The van der Waals surface area contributed by atoms with E-state index in [4.69, 9.17) is 16.7 Å². The summed E-state index contributed by atoms with van der Waals surface area (Å²) in [6, 6.07) is 7.25. The van der Waals surface area contributed by atoms with Crippen molar-refractivity contribution in [1.29, 1.82) is 0 Å². The molecule has 106 valence electrons. The molecule has 1 saturated heterocycles. The van der Waals surface area contributed by atoms with Gasteiger partial charge in [0.15, 0.2) is 0 Å². The van der Waals surface area contributed by atoms with Crippen molar-refractivity contribution >= 4 is 29.6 Å². The molecule has 1 aliphatic rings. The zero-order valence-corrected chi connectivity index (χ0v) is 11.7. The van der Waals surface area contributed by atoms with Gasteiger partial charge in [-0.3, -0.25) is 9.59 Å². The first-order chi connectivity index (χ1) is 9.58. The van der Waals surface area contributed by atoms with Gasteiger partial charge in [0.1, 0.15) is 0 Å². The SMILES string of the molecule is O=C(O)C1CCCN(C(=O)/C=C/c2ccccc2Cl)C1. The van der Waals surface area contributed by atoms with E-state index in [0.29, 0.717) is 18.0 Å². The molecule has 0 radical (unpaired) electrons. The maximum absolute atomic E-state index is 12.1. The van der Waals surface area contributed by atoms with Crippen molar-refractivity contribution in [3.05, 3.63) is 40.9 Å². The monoisotopic (exact) mass is 293 g/mol. The number of carboxylic acids is 1. The summed E-state index contributed by atoms with van der Waals surface area (Å²) in [5.74, 6) is -1.46. The molecule has 0 saturated carbocycles. The van der Waals surface area contributed by atoms with Crippen molar-refractivity contribution in [3.8, 4) is 0 Å². The highest BCUT2D eigenvalue weighted by atomic mass is 35.5. The van der Waals surface area contributed by atoms with Crippen LogP contribution in [0.25, 0.3) is 6.08 Å². The molecule has 0 bridgehead atoms. The highest BCUT2D eigenvalue weighted by Crippen LogP contribution is 2.19. The molecule has 1 aliphatic heterocycles. The molecule has 20 heavy (non-hydrogen) atoms. The fraction of sp³-hybridized carbons (Fsp3) is 0.333. The molecule has 1 N–H and O–H groups in total. The molecule has 0 aliphatic carbocycles. The van der Waals surface area contributed by atoms with Crippen LogP contribution in [0.1, 0.15) is 18.4 Å². The Kier molecular flexibility index (Phi) is 4.79. The summed E-state index contributed by atoms with van der Waals surface area (Å²) in [6.45, 7) is 0.885. The molecular formula is C15H16ClNO3. The van der Waals surface area contributed by atoms with Crippen LogP contribution >= 0.6 is 11.6 Å². The van der Waals surface area contributed by atoms with Crippen LogP contribution in [0, 0.1) is 5.92 Å². The number of hydrogen-bond donors (Lipinski definition) is 1. The summed E-state index contributed by atoms with van der Waals surface area (Å²) in [6.07, 6.45) is 4.47.